The molecule has 1 saturated carbocycles. The third kappa shape index (κ3) is 4.70. The van der Waals surface area contributed by atoms with Crippen molar-refractivity contribution in [2.24, 2.45) is 5.92 Å². The van der Waals surface area contributed by atoms with Crippen LogP contribution in [0.15, 0.2) is 24.3 Å². The zero-order chi connectivity index (χ0) is 18.5. The Morgan fingerprint density at radius 3 is 2.19 bits per heavy atom. The van der Waals surface area contributed by atoms with Crippen molar-refractivity contribution in [3.05, 3.63) is 29.3 Å². The number of carbonyl (C=O) groups is 2. The Morgan fingerprint density at radius 1 is 1.00 bits per heavy atom. The number of benzene rings is 1. The first-order valence-corrected chi connectivity index (χ1v) is 9.92. The minimum Gasteiger partial charge on any atom is -0.481 e. The van der Waals surface area contributed by atoms with Gasteiger partial charge in [-0.1, -0.05) is 30.9 Å². The van der Waals surface area contributed by atoms with Crippen LogP contribution in [0.5, 0.6) is 5.75 Å². The molecule has 3 rings (SSSR count). The smallest absolute Gasteiger partial charge is 0.263 e. The molecule has 1 aliphatic heterocycles. The number of nitrogens with zero attached hydrogens (tertiary/aromatic N) is 2. The summed E-state index contributed by atoms with van der Waals surface area (Å²) >= 11 is 5.86. The molecule has 1 aromatic carbocycles. The Balaban J connectivity index is 1.48. The van der Waals surface area contributed by atoms with Crippen LogP contribution < -0.4 is 4.74 Å². The predicted octanol–water partition coefficient (Wildman–Crippen LogP) is 3.36. The lowest BCUT2D eigenvalue weighted by molar-refractivity contribution is -0.145. The monoisotopic (exact) mass is 378 g/mol. The van der Waals surface area contributed by atoms with Crippen molar-refractivity contribution in [1.29, 1.82) is 0 Å². The zero-order valence-corrected chi connectivity index (χ0v) is 16.1. The van der Waals surface area contributed by atoms with Crippen LogP contribution in [0.4, 0.5) is 0 Å². The summed E-state index contributed by atoms with van der Waals surface area (Å²) in [6.07, 6.45) is 5.05. The van der Waals surface area contributed by atoms with E-state index < -0.39 is 6.10 Å². The van der Waals surface area contributed by atoms with Gasteiger partial charge in [0.25, 0.3) is 5.91 Å². The van der Waals surface area contributed by atoms with E-state index in [0.717, 1.165) is 25.7 Å². The number of rotatable bonds is 4. The third-order valence-corrected chi connectivity index (χ3v) is 5.58. The standard InChI is InChI=1S/C20H27ClN2O3/c1-15(26-18-9-7-17(21)8-10-18)19(24)22-11-13-23(14-12-22)20(25)16-5-3-2-4-6-16/h7-10,15-16H,2-6,11-14H2,1H3. The molecule has 0 bridgehead atoms. The first kappa shape index (κ1) is 19.0. The average Bonchev–Trinajstić information content (AvgIpc) is 2.69. The number of carbonyl (C=O) groups excluding carboxylic acids is 2. The fraction of sp³-hybridized carbons (Fsp3) is 0.600. The van der Waals surface area contributed by atoms with E-state index in [4.69, 9.17) is 16.3 Å². The highest BCUT2D eigenvalue weighted by Gasteiger charge is 2.31. The van der Waals surface area contributed by atoms with E-state index in [9.17, 15) is 9.59 Å². The average molecular weight is 379 g/mol. The molecule has 1 atom stereocenters. The fourth-order valence-corrected chi connectivity index (χ4v) is 3.91. The summed E-state index contributed by atoms with van der Waals surface area (Å²) in [4.78, 5) is 29.0. The van der Waals surface area contributed by atoms with Crippen molar-refractivity contribution in [1.82, 2.24) is 9.80 Å². The molecule has 1 aromatic rings. The molecule has 26 heavy (non-hydrogen) atoms. The van der Waals surface area contributed by atoms with Crippen LogP contribution in [0.25, 0.3) is 0 Å². The minimum atomic E-state index is -0.559. The quantitative estimate of drug-likeness (QED) is 0.807. The highest BCUT2D eigenvalue weighted by Crippen LogP contribution is 2.26. The van der Waals surface area contributed by atoms with Crippen LogP contribution in [-0.4, -0.2) is 53.9 Å². The molecular weight excluding hydrogens is 352 g/mol. The second-order valence-corrected chi connectivity index (χ2v) is 7.64. The lowest BCUT2D eigenvalue weighted by atomic mass is 9.88. The van der Waals surface area contributed by atoms with Gasteiger partial charge in [-0.3, -0.25) is 9.59 Å². The SMILES string of the molecule is CC(Oc1ccc(Cl)cc1)C(=O)N1CCN(C(=O)C2CCCCC2)CC1. The summed E-state index contributed by atoms with van der Waals surface area (Å²) in [6.45, 7) is 4.15. The Hall–Kier alpha value is -1.75. The van der Waals surface area contributed by atoms with Crippen molar-refractivity contribution in [2.75, 3.05) is 26.2 Å². The summed E-state index contributed by atoms with van der Waals surface area (Å²) in [5, 5.41) is 0.634. The molecule has 0 aromatic heterocycles. The van der Waals surface area contributed by atoms with Crippen LogP contribution in [0, 0.1) is 5.92 Å². The van der Waals surface area contributed by atoms with Gasteiger partial charge in [-0.15, -0.1) is 0 Å². The largest absolute Gasteiger partial charge is 0.481 e. The van der Waals surface area contributed by atoms with E-state index in [-0.39, 0.29) is 17.7 Å². The number of hydrogen-bond acceptors (Lipinski definition) is 3. The molecule has 142 valence electrons. The number of halogens is 1. The summed E-state index contributed by atoms with van der Waals surface area (Å²) in [5.74, 6) is 1.06. The Bertz CT molecular complexity index is 620. The fourth-order valence-electron chi connectivity index (χ4n) is 3.78. The normalized spacial score (nSPS) is 19.9. The first-order chi connectivity index (χ1) is 12.5. The van der Waals surface area contributed by atoms with E-state index in [2.05, 4.69) is 0 Å². The van der Waals surface area contributed by atoms with Gasteiger partial charge in [-0.2, -0.15) is 0 Å². The highest BCUT2D eigenvalue weighted by molar-refractivity contribution is 6.30. The van der Waals surface area contributed by atoms with E-state index in [1.165, 1.54) is 6.42 Å². The van der Waals surface area contributed by atoms with Gasteiger partial charge in [0.05, 0.1) is 0 Å². The Kier molecular flexibility index (Phi) is 6.41. The molecular formula is C20H27ClN2O3. The van der Waals surface area contributed by atoms with Gasteiger partial charge in [-0.05, 0) is 44.0 Å². The van der Waals surface area contributed by atoms with Crippen molar-refractivity contribution in [2.45, 2.75) is 45.1 Å². The molecule has 1 saturated heterocycles. The predicted molar refractivity (Wildman–Crippen MR) is 101 cm³/mol. The lowest BCUT2D eigenvalue weighted by Gasteiger charge is -2.38. The second kappa shape index (κ2) is 8.76. The van der Waals surface area contributed by atoms with Crippen LogP contribution in [0.3, 0.4) is 0 Å². The maximum Gasteiger partial charge on any atom is 0.263 e. The van der Waals surface area contributed by atoms with Crippen molar-refractivity contribution >= 4 is 23.4 Å². The molecule has 2 aliphatic rings. The van der Waals surface area contributed by atoms with Gasteiger partial charge in [0.1, 0.15) is 5.75 Å². The second-order valence-electron chi connectivity index (χ2n) is 7.20. The Morgan fingerprint density at radius 2 is 1.58 bits per heavy atom. The molecule has 5 nitrogen and oxygen atoms in total. The van der Waals surface area contributed by atoms with Crippen molar-refractivity contribution < 1.29 is 14.3 Å². The molecule has 0 spiro atoms. The molecule has 2 fully saturated rings. The third-order valence-electron chi connectivity index (χ3n) is 5.33. The summed E-state index contributed by atoms with van der Waals surface area (Å²) in [5.41, 5.74) is 0. The number of ether oxygens (including phenoxy) is 1. The van der Waals surface area contributed by atoms with Crippen LogP contribution in [-0.2, 0) is 9.59 Å². The number of hydrogen-bond donors (Lipinski definition) is 0. The minimum absolute atomic E-state index is 0.0373. The topological polar surface area (TPSA) is 49.9 Å². The van der Waals surface area contributed by atoms with E-state index in [1.807, 2.05) is 4.90 Å². The molecule has 1 heterocycles. The highest BCUT2D eigenvalue weighted by atomic mass is 35.5. The molecule has 0 radical (unpaired) electrons. The van der Waals surface area contributed by atoms with Crippen LogP contribution in [0.1, 0.15) is 39.0 Å². The van der Waals surface area contributed by atoms with Crippen molar-refractivity contribution in [3.8, 4) is 5.75 Å². The summed E-state index contributed by atoms with van der Waals surface area (Å²) in [6, 6.07) is 6.99. The number of piperazine rings is 1. The van der Waals surface area contributed by atoms with Gasteiger partial charge in [0.2, 0.25) is 5.91 Å². The van der Waals surface area contributed by atoms with Gasteiger partial charge in [0.15, 0.2) is 6.10 Å². The van der Waals surface area contributed by atoms with Gasteiger partial charge >= 0.3 is 0 Å². The van der Waals surface area contributed by atoms with Gasteiger partial charge < -0.3 is 14.5 Å². The van der Waals surface area contributed by atoms with Gasteiger partial charge in [0, 0.05) is 37.1 Å². The van der Waals surface area contributed by atoms with Gasteiger partial charge in [-0.25, -0.2) is 0 Å². The molecule has 6 heteroatoms. The molecule has 1 aliphatic carbocycles. The van der Waals surface area contributed by atoms with E-state index >= 15 is 0 Å². The Labute approximate surface area is 160 Å². The molecule has 0 N–H and O–H groups in total. The summed E-state index contributed by atoms with van der Waals surface area (Å²) < 4.78 is 5.72. The van der Waals surface area contributed by atoms with Crippen LogP contribution in [0.2, 0.25) is 5.02 Å². The number of amides is 2. The lowest BCUT2D eigenvalue weighted by Crippen LogP contribution is -2.54. The van der Waals surface area contributed by atoms with E-state index in [1.54, 1.807) is 36.1 Å². The molecule has 2 amide bonds. The first-order valence-electron chi connectivity index (χ1n) is 9.54. The molecule has 1 unspecified atom stereocenters. The summed E-state index contributed by atoms with van der Waals surface area (Å²) in [7, 11) is 0. The van der Waals surface area contributed by atoms with Crippen LogP contribution >= 0.6 is 11.6 Å². The maximum absolute atomic E-state index is 12.6. The zero-order valence-electron chi connectivity index (χ0n) is 15.3. The van der Waals surface area contributed by atoms with Crippen molar-refractivity contribution in [3.63, 3.8) is 0 Å². The maximum atomic E-state index is 12.6. The van der Waals surface area contributed by atoms with E-state index in [0.29, 0.717) is 37.0 Å².